The molecule has 2 amide bonds. The average Bonchev–Trinajstić information content (AvgIpc) is 3.20. The van der Waals surface area contributed by atoms with Crippen molar-refractivity contribution in [3.8, 4) is 5.75 Å². The van der Waals surface area contributed by atoms with E-state index in [1.165, 1.54) is 0 Å². The fraction of sp³-hybridized carbons (Fsp3) is 0.343. The number of carbonyl (C=O) groups is 3. The van der Waals surface area contributed by atoms with Crippen LogP contribution in [0.3, 0.4) is 0 Å². The summed E-state index contributed by atoms with van der Waals surface area (Å²) in [4.78, 5) is 43.3. The highest BCUT2D eigenvalue weighted by Crippen LogP contribution is 2.58. The van der Waals surface area contributed by atoms with Crippen LogP contribution in [0.25, 0.3) is 5.57 Å². The summed E-state index contributed by atoms with van der Waals surface area (Å²) in [6.07, 6.45) is 2.48. The SMILES string of the molecule is COc1ccc2c(c1)[C@]1(OC(=O)C(c3ccccc3NC(=O)OC(C)(C)C)=C3CCCC[C@H]31)C(=O)N2Cc1ccccc1. The van der Waals surface area contributed by atoms with E-state index in [-0.39, 0.29) is 11.8 Å². The van der Waals surface area contributed by atoms with Gasteiger partial charge in [0.05, 0.1) is 30.6 Å². The molecule has 0 bridgehead atoms. The predicted octanol–water partition coefficient (Wildman–Crippen LogP) is 6.99. The Kier molecular flexibility index (Phi) is 7.24. The number of amides is 2. The van der Waals surface area contributed by atoms with Crippen LogP contribution in [0.5, 0.6) is 5.75 Å². The molecule has 2 heterocycles. The van der Waals surface area contributed by atoms with Gasteiger partial charge in [0.15, 0.2) is 0 Å². The summed E-state index contributed by atoms with van der Waals surface area (Å²) in [5.41, 5.74) is 2.41. The molecule has 1 fully saturated rings. The molecule has 0 radical (unpaired) electrons. The molecular formula is C35H36N2O6. The highest BCUT2D eigenvalue weighted by atomic mass is 16.6. The van der Waals surface area contributed by atoms with Gasteiger partial charge >= 0.3 is 12.1 Å². The van der Waals surface area contributed by atoms with E-state index in [4.69, 9.17) is 14.2 Å². The fourth-order valence-corrected chi connectivity index (χ4v) is 6.62. The van der Waals surface area contributed by atoms with E-state index in [1.807, 2.05) is 54.6 Å². The molecule has 3 aliphatic rings. The molecule has 1 N–H and O–H groups in total. The Morgan fingerprint density at radius 1 is 1.02 bits per heavy atom. The van der Waals surface area contributed by atoms with E-state index >= 15 is 0 Å². The second-order valence-corrected chi connectivity index (χ2v) is 12.3. The monoisotopic (exact) mass is 580 g/mol. The number of esters is 1. The lowest BCUT2D eigenvalue weighted by Crippen LogP contribution is -2.52. The van der Waals surface area contributed by atoms with E-state index < -0.39 is 23.3 Å². The molecule has 1 saturated carbocycles. The third-order valence-corrected chi connectivity index (χ3v) is 8.35. The van der Waals surface area contributed by atoms with Crippen LogP contribution in [-0.4, -0.2) is 30.7 Å². The van der Waals surface area contributed by atoms with Crippen LogP contribution in [0.15, 0.2) is 78.4 Å². The molecule has 3 aromatic rings. The van der Waals surface area contributed by atoms with Crippen molar-refractivity contribution in [3.05, 3.63) is 95.1 Å². The average molecular weight is 581 g/mol. The van der Waals surface area contributed by atoms with Gasteiger partial charge in [-0.2, -0.15) is 0 Å². The molecular weight excluding hydrogens is 544 g/mol. The number of para-hydroxylation sites is 1. The number of nitrogens with zero attached hydrogens (tertiary/aromatic N) is 1. The van der Waals surface area contributed by atoms with Crippen molar-refractivity contribution in [1.82, 2.24) is 0 Å². The van der Waals surface area contributed by atoms with Crippen LogP contribution in [0.2, 0.25) is 0 Å². The van der Waals surface area contributed by atoms with Gasteiger partial charge in [0.25, 0.3) is 5.91 Å². The van der Waals surface area contributed by atoms with E-state index in [0.717, 1.165) is 24.0 Å². The second kappa shape index (κ2) is 10.9. The molecule has 6 rings (SSSR count). The first-order chi connectivity index (χ1) is 20.6. The van der Waals surface area contributed by atoms with Crippen molar-refractivity contribution in [2.45, 2.75) is 64.2 Å². The van der Waals surface area contributed by atoms with Crippen LogP contribution in [0.4, 0.5) is 16.2 Å². The first-order valence-corrected chi connectivity index (χ1v) is 14.7. The first-order valence-electron chi connectivity index (χ1n) is 14.7. The highest BCUT2D eigenvalue weighted by Gasteiger charge is 2.62. The Balaban J connectivity index is 1.48. The molecule has 0 saturated heterocycles. The van der Waals surface area contributed by atoms with E-state index in [9.17, 15) is 14.4 Å². The Hall–Kier alpha value is -4.59. The molecule has 1 aliphatic carbocycles. The summed E-state index contributed by atoms with van der Waals surface area (Å²) in [7, 11) is 1.58. The molecule has 8 nitrogen and oxygen atoms in total. The number of carbonyl (C=O) groups excluding carboxylic acids is 3. The normalized spacial score (nSPS) is 21.3. The van der Waals surface area contributed by atoms with Crippen molar-refractivity contribution in [3.63, 3.8) is 0 Å². The number of methoxy groups -OCH3 is 1. The molecule has 0 unspecified atom stereocenters. The zero-order chi connectivity index (χ0) is 30.4. The van der Waals surface area contributed by atoms with Gasteiger partial charge in [-0.15, -0.1) is 0 Å². The maximum absolute atomic E-state index is 14.6. The van der Waals surface area contributed by atoms with Crippen molar-refractivity contribution < 1.29 is 28.6 Å². The van der Waals surface area contributed by atoms with Crippen LogP contribution in [0, 0.1) is 5.92 Å². The zero-order valence-electron chi connectivity index (χ0n) is 24.9. The quantitative estimate of drug-likeness (QED) is 0.327. The van der Waals surface area contributed by atoms with Crippen LogP contribution < -0.4 is 15.0 Å². The molecule has 0 aromatic heterocycles. The first kappa shape index (κ1) is 28.5. The van der Waals surface area contributed by atoms with Gasteiger partial charge in [-0.25, -0.2) is 9.59 Å². The summed E-state index contributed by atoms with van der Waals surface area (Å²) in [5, 5.41) is 2.82. The van der Waals surface area contributed by atoms with Crippen LogP contribution in [-0.2, 0) is 31.2 Å². The zero-order valence-corrected chi connectivity index (χ0v) is 24.9. The van der Waals surface area contributed by atoms with Crippen LogP contribution >= 0.6 is 0 Å². The minimum absolute atomic E-state index is 0.253. The maximum Gasteiger partial charge on any atom is 0.412 e. The number of ether oxygens (including phenoxy) is 3. The van der Waals surface area contributed by atoms with E-state index in [2.05, 4.69) is 5.32 Å². The van der Waals surface area contributed by atoms with Crippen molar-refractivity contribution >= 4 is 34.9 Å². The van der Waals surface area contributed by atoms with Gasteiger partial charge in [0, 0.05) is 17.0 Å². The Morgan fingerprint density at radius 3 is 2.51 bits per heavy atom. The minimum atomic E-state index is -1.51. The Bertz CT molecular complexity index is 1620. The molecule has 2 atom stereocenters. The Morgan fingerprint density at radius 2 is 1.77 bits per heavy atom. The van der Waals surface area contributed by atoms with E-state index in [0.29, 0.717) is 53.2 Å². The topological polar surface area (TPSA) is 94.2 Å². The number of hydrogen-bond donors (Lipinski definition) is 1. The largest absolute Gasteiger partial charge is 0.497 e. The number of nitrogens with one attached hydrogen (secondary N) is 1. The van der Waals surface area contributed by atoms with Gasteiger partial charge < -0.3 is 19.1 Å². The summed E-state index contributed by atoms with van der Waals surface area (Å²) >= 11 is 0. The van der Waals surface area contributed by atoms with Crippen LogP contribution in [0.1, 0.15) is 63.1 Å². The molecule has 3 aromatic carbocycles. The van der Waals surface area contributed by atoms with Gasteiger partial charge in [-0.3, -0.25) is 10.1 Å². The lowest BCUT2D eigenvalue weighted by atomic mass is 9.67. The summed E-state index contributed by atoms with van der Waals surface area (Å²) in [5.74, 6) is -0.628. The van der Waals surface area contributed by atoms with Gasteiger partial charge in [-0.1, -0.05) is 55.0 Å². The van der Waals surface area contributed by atoms with E-state index in [1.54, 1.807) is 51.0 Å². The maximum atomic E-state index is 14.6. The number of benzene rings is 3. The molecule has 43 heavy (non-hydrogen) atoms. The number of hydrogen-bond acceptors (Lipinski definition) is 6. The summed E-state index contributed by atoms with van der Waals surface area (Å²) in [6.45, 7) is 5.72. The van der Waals surface area contributed by atoms with Gasteiger partial charge in [0.2, 0.25) is 5.60 Å². The number of anilines is 2. The highest BCUT2D eigenvalue weighted by molar-refractivity contribution is 6.23. The smallest absolute Gasteiger partial charge is 0.412 e. The number of fused-ring (bicyclic) bond motifs is 4. The fourth-order valence-electron chi connectivity index (χ4n) is 6.62. The minimum Gasteiger partial charge on any atom is -0.497 e. The summed E-state index contributed by atoms with van der Waals surface area (Å²) < 4.78 is 17.5. The Labute approximate surface area is 251 Å². The molecule has 8 heteroatoms. The molecule has 222 valence electrons. The lowest BCUT2D eigenvalue weighted by Gasteiger charge is -2.44. The van der Waals surface area contributed by atoms with Crippen molar-refractivity contribution in [2.24, 2.45) is 5.92 Å². The molecule has 2 aliphatic heterocycles. The standard InChI is InChI=1S/C35H36N2O6/c1-34(2,3)43-33(40)36-28-17-11-9-15-25(28)30-24-14-8-10-16-26(24)35(42-31(30)38)27-20-23(41-4)18-19-29(27)37(32(35)39)21-22-12-6-5-7-13-22/h5-7,9,11-13,15,17-20,26H,8,10,14,16,21H2,1-4H3,(H,36,40)/t26-,35+/m1/s1. The van der Waals surface area contributed by atoms with Gasteiger partial charge in [0.1, 0.15) is 11.4 Å². The lowest BCUT2D eigenvalue weighted by molar-refractivity contribution is -0.171. The third-order valence-electron chi connectivity index (χ3n) is 8.35. The predicted molar refractivity (Wildman–Crippen MR) is 164 cm³/mol. The van der Waals surface area contributed by atoms with Crippen molar-refractivity contribution in [2.75, 3.05) is 17.3 Å². The third kappa shape index (κ3) is 5.05. The summed E-state index contributed by atoms with van der Waals surface area (Å²) in [6, 6.07) is 22.5. The second-order valence-electron chi connectivity index (χ2n) is 12.3. The van der Waals surface area contributed by atoms with Crippen molar-refractivity contribution in [1.29, 1.82) is 0 Å². The number of rotatable bonds is 5. The molecule has 1 spiro atoms. The van der Waals surface area contributed by atoms with Gasteiger partial charge in [-0.05, 0) is 75.4 Å².